The molecule has 8 heteroatoms. The Kier molecular flexibility index (Phi) is 4.70. The molecule has 0 fully saturated rings. The Morgan fingerprint density at radius 1 is 1.21 bits per heavy atom. The van der Waals surface area contributed by atoms with Crippen LogP contribution in [0.15, 0.2) is 30.5 Å². The van der Waals surface area contributed by atoms with Crippen molar-refractivity contribution < 1.29 is 24.1 Å². The van der Waals surface area contributed by atoms with Gasteiger partial charge in [-0.1, -0.05) is 0 Å². The number of carboxylic acid groups (broad SMARTS) is 1. The summed E-state index contributed by atoms with van der Waals surface area (Å²) in [6, 6.07) is 7.23. The lowest BCUT2D eigenvalue weighted by Gasteiger charge is -2.14. The summed E-state index contributed by atoms with van der Waals surface area (Å²) in [5.41, 5.74) is 3.41. The number of hydrogen-bond acceptors (Lipinski definition) is 7. The minimum absolute atomic E-state index is 0.132. The molecule has 0 saturated carbocycles. The maximum absolute atomic E-state index is 11.3. The predicted octanol–water partition coefficient (Wildman–Crippen LogP) is 2.99. The molecule has 144 valence electrons. The highest BCUT2D eigenvalue weighted by Crippen LogP contribution is 2.33. The molecular formula is C20H19N3O5. The number of pyridine rings is 2. The van der Waals surface area contributed by atoms with Crippen molar-refractivity contribution in [3.63, 3.8) is 0 Å². The standard InChI is InChI=1S/C20H19N3O5/c1-26-13-4-3-11(17(6-13)27-2)7-21-19-16-10-28-9-15(16)14-5-12(20(24)25)8-22-18(14)23-19/h3-6,8H,7,9-10H2,1-2H3,(H,24,25)(H,21,22,23). The average molecular weight is 381 g/mol. The largest absolute Gasteiger partial charge is 0.497 e. The van der Waals surface area contributed by atoms with Crippen LogP contribution < -0.4 is 14.8 Å². The van der Waals surface area contributed by atoms with E-state index in [1.54, 1.807) is 20.3 Å². The predicted molar refractivity (Wildman–Crippen MR) is 102 cm³/mol. The first kappa shape index (κ1) is 18.0. The molecule has 0 unspecified atom stereocenters. The number of carbonyl (C=O) groups is 1. The van der Waals surface area contributed by atoms with Crippen LogP contribution >= 0.6 is 0 Å². The molecule has 0 atom stereocenters. The molecule has 8 nitrogen and oxygen atoms in total. The topological polar surface area (TPSA) is 103 Å². The third-order valence-electron chi connectivity index (χ3n) is 4.74. The van der Waals surface area contributed by atoms with E-state index in [1.807, 2.05) is 18.2 Å². The molecule has 4 rings (SSSR count). The number of benzene rings is 1. The van der Waals surface area contributed by atoms with Crippen molar-refractivity contribution in [3.8, 4) is 11.5 Å². The molecule has 0 aliphatic carbocycles. The van der Waals surface area contributed by atoms with Crippen LogP contribution in [0.2, 0.25) is 0 Å². The first-order valence-corrected chi connectivity index (χ1v) is 8.68. The molecule has 0 saturated heterocycles. The summed E-state index contributed by atoms with van der Waals surface area (Å²) in [5.74, 6) is 1.09. The Morgan fingerprint density at radius 2 is 2.04 bits per heavy atom. The van der Waals surface area contributed by atoms with Crippen LogP contribution in [-0.2, 0) is 24.5 Å². The summed E-state index contributed by atoms with van der Waals surface area (Å²) in [4.78, 5) is 20.1. The number of carboxylic acids is 1. The first-order valence-electron chi connectivity index (χ1n) is 8.68. The van der Waals surface area contributed by atoms with Crippen molar-refractivity contribution in [3.05, 3.63) is 52.7 Å². The molecule has 1 aliphatic rings. The molecule has 2 N–H and O–H groups in total. The summed E-state index contributed by atoms with van der Waals surface area (Å²) in [6.07, 6.45) is 1.32. The number of ether oxygens (including phenoxy) is 3. The average Bonchev–Trinajstić information content (AvgIpc) is 3.21. The fourth-order valence-electron chi connectivity index (χ4n) is 3.26. The zero-order valence-corrected chi connectivity index (χ0v) is 15.5. The normalized spacial score (nSPS) is 12.6. The number of anilines is 1. The first-order chi connectivity index (χ1) is 13.6. The molecule has 0 amide bonds. The fourth-order valence-corrected chi connectivity index (χ4v) is 3.26. The van der Waals surface area contributed by atoms with Crippen LogP contribution in [0.5, 0.6) is 11.5 Å². The van der Waals surface area contributed by atoms with Crippen molar-refractivity contribution in [1.29, 1.82) is 0 Å². The van der Waals surface area contributed by atoms with E-state index in [9.17, 15) is 9.90 Å². The van der Waals surface area contributed by atoms with E-state index in [4.69, 9.17) is 14.2 Å². The number of aromatic nitrogens is 2. The van der Waals surface area contributed by atoms with Crippen LogP contribution in [-0.4, -0.2) is 35.3 Å². The molecule has 2 aromatic heterocycles. The van der Waals surface area contributed by atoms with Crippen LogP contribution in [0.25, 0.3) is 11.0 Å². The second-order valence-electron chi connectivity index (χ2n) is 6.34. The third-order valence-corrected chi connectivity index (χ3v) is 4.74. The Hall–Kier alpha value is -3.39. The maximum Gasteiger partial charge on any atom is 0.337 e. The third kappa shape index (κ3) is 3.18. The summed E-state index contributed by atoms with van der Waals surface area (Å²) in [6.45, 7) is 1.31. The van der Waals surface area contributed by atoms with Crippen molar-refractivity contribution in [1.82, 2.24) is 9.97 Å². The Morgan fingerprint density at radius 3 is 2.79 bits per heavy atom. The highest BCUT2D eigenvalue weighted by Gasteiger charge is 2.22. The van der Waals surface area contributed by atoms with Crippen molar-refractivity contribution in [2.24, 2.45) is 0 Å². The SMILES string of the molecule is COc1ccc(CNc2nc3ncc(C(=O)O)cc3c3c2COC3)c(OC)c1. The van der Waals surface area contributed by atoms with Crippen molar-refractivity contribution >= 4 is 22.8 Å². The van der Waals surface area contributed by atoms with E-state index < -0.39 is 5.97 Å². The Bertz CT molecular complexity index is 1070. The lowest BCUT2D eigenvalue weighted by Crippen LogP contribution is -2.08. The molecule has 0 radical (unpaired) electrons. The molecule has 1 aliphatic heterocycles. The Balaban J connectivity index is 1.68. The zero-order valence-electron chi connectivity index (χ0n) is 15.5. The van der Waals surface area contributed by atoms with Gasteiger partial charge in [-0.15, -0.1) is 0 Å². The van der Waals surface area contributed by atoms with Gasteiger partial charge in [-0.2, -0.15) is 0 Å². The van der Waals surface area contributed by atoms with Gasteiger partial charge < -0.3 is 24.6 Å². The van der Waals surface area contributed by atoms with Gasteiger partial charge in [-0.25, -0.2) is 14.8 Å². The van der Waals surface area contributed by atoms with Gasteiger partial charge in [0, 0.05) is 35.3 Å². The number of fused-ring (bicyclic) bond motifs is 3. The Labute approximate surface area is 161 Å². The van der Waals surface area contributed by atoms with E-state index >= 15 is 0 Å². The molecular weight excluding hydrogens is 362 g/mol. The number of nitrogens with one attached hydrogen (secondary N) is 1. The van der Waals surface area contributed by atoms with Gasteiger partial charge in [0.2, 0.25) is 0 Å². The smallest absolute Gasteiger partial charge is 0.337 e. The number of rotatable bonds is 6. The molecule has 3 aromatic rings. The molecule has 1 aromatic carbocycles. The lowest BCUT2D eigenvalue weighted by atomic mass is 10.1. The summed E-state index contributed by atoms with van der Waals surface area (Å²) < 4.78 is 16.3. The highest BCUT2D eigenvalue weighted by atomic mass is 16.5. The number of nitrogens with zero attached hydrogens (tertiary/aromatic N) is 2. The van der Waals surface area contributed by atoms with Crippen molar-refractivity contribution in [2.45, 2.75) is 19.8 Å². The van der Waals surface area contributed by atoms with Crippen LogP contribution in [0, 0.1) is 0 Å². The van der Waals surface area contributed by atoms with Crippen molar-refractivity contribution in [2.75, 3.05) is 19.5 Å². The summed E-state index contributed by atoms with van der Waals surface area (Å²) >= 11 is 0. The minimum Gasteiger partial charge on any atom is -0.497 e. The van der Waals surface area contributed by atoms with Crippen LogP contribution in [0.4, 0.5) is 5.82 Å². The van der Waals surface area contributed by atoms with E-state index in [1.165, 1.54) is 6.20 Å². The van der Waals surface area contributed by atoms with Crippen LogP contribution in [0.3, 0.4) is 0 Å². The second-order valence-corrected chi connectivity index (χ2v) is 6.34. The second kappa shape index (κ2) is 7.32. The summed E-state index contributed by atoms with van der Waals surface area (Å²) in [5, 5.41) is 13.3. The molecule has 0 spiro atoms. The number of hydrogen-bond donors (Lipinski definition) is 2. The van der Waals surface area contributed by atoms with Gasteiger partial charge in [0.1, 0.15) is 17.3 Å². The molecule has 3 heterocycles. The highest BCUT2D eigenvalue weighted by molar-refractivity contribution is 5.93. The monoisotopic (exact) mass is 381 g/mol. The fraction of sp³-hybridized carbons (Fsp3) is 0.250. The minimum atomic E-state index is -1.02. The van der Waals surface area contributed by atoms with E-state index in [-0.39, 0.29) is 5.56 Å². The number of methoxy groups -OCH3 is 2. The summed E-state index contributed by atoms with van der Waals surface area (Å²) in [7, 11) is 3.22. The maximum atomic E-state index is 11.3. The van der Waals surface area contributed by atoms with Gasteiger partial charge >= 0.3 is 5.97 Å². The van der Waals surface area contributed by atoms with Gasteiger partial charge in [-0.05, 0) is 23.8 Å². The van der Waals surface area contributed by atoms with Gasteiger partial charge in [0.05, 0.1) is 33.0 Å². The van der Waals surface area contributed by atoms with E-state index in [0.29, 0.717) is 42.4 Å². The molecule has 28 heavy (non-hydrogen) atoms. The molecule has 0 bridgehead atoms. The van der Waals surface area contributed by atoms with Gasteiger partial charge in [0.25, 0.3) is 0 Å². The van der Waals surface area contributed by atoms with E-state index in [2.05, 4.69) is 15.3 Å². The van der Waals surface area contributed by atoms with Crippen LogP contribution in [0.1, 0.15) is 27.0 Å². The zero-order chi connectivity index (χ0) is 19.7. The van der Waals surface area contributed by atoms with Gasteiger partial charge in [0.15, 0.2) is 5.65 Å². The van der Waals surface area contributed by atoms with Gasteiger partial charge in [-0.3, -0.25) is 0 Å². The van der Waals surface area contributed by atoms with E-state index in [0.717, 1.165) is 22.4 Å². The number of aromatic carboxylic acids is 1. The quantitative estimate of drug-likeness (QED) is 0.672. The lowest BCUT2D eigenvalue weighted by molar-refractivity contribution is 0.0696.